The molecule has 3 heterocycles. The number of piperidine rings is 1. The van der Waals surface area contributed by atoms with Crippen molar-refractivity contribution in [1.29, 1.82) is 0 Å². The maximum Gasteiger partial charge on any atom is 0.303 e. The lowest BCUT2D eigenvalue weighted by atomic mass is 9.79. The first kappa shape index (κ1) is 25.5. The number of carboxylic acids is 1. The van der Waals surface area contributed by atoms with Gasteiger partial charge in [0.15, 0.2) is 0 Å². The molecule has 2 aromatic heterocycles. The van der Waals surface area contributed by atoms with E-state index < -0.39 is 12.1 Å². The molecule has 8 heteroatoms. The molecular weight excluding hydrogens is 465 g/mol. The molecule has 1 aromatic carbocycles. The van der Waals surface area contributed by atoms with Crippen molar-refractivity contribution in [2.45, 2.75) is 36.9 Å². The molecule has 0 saturated carbocycles. The number of pyridine rings is 1. The molecule has 0 aliphatic carbocycles. The number of halogens is 1. The quantitative estimate of drug-likeness (QED) is 0.348. The number of carboxylic acid groups (broad SMARTS) is 1. The summed E-state index contributed by atoms with van der Waals surface area (Å²) in [4.78, 5) is 18.3. The predicted octanol–water partition coefficient (Wildman–Crippen LogP) is 5.58. The largest absolute Gasteiger partial charge is 0.497 e. The second-order valence-corrected chi connectivity index (χ2v) is 10.5. The lowest BCUT2D eigenvalue weighted by Gasteiger charge is -2.38. The molecule has 1 aliphatic rings. The average molecular weight is 500 g/mol. The van der Waals surface area contributed by atoms with Crippen LogP contribution in [0.3, 0.4) is 0 Å². The molecule has 1 unspecified atom stereocenters. The molecule has 1 saturated heterocycles. The molecule has 0 amide bonds. The second-order valence-electron chi connectivity index (χ2n) is 9.34. The average Bonchev–Trinajstić information content (AvgIpc) is 3.26. The van der Waals surface area contributed by atoms with Gasteiger partial charge >= 0.3 is 5.97 Å². The van der Waals surface area contributed by atoms with Crippen LogP contribution in [0.15, 0.2) is 53.8 Å². The standard InChI is InChI=1S/C27H34FN3O3S/c1-30-12-3-4-26(30)35-15-14-31-13-10-19(20(18-31)16-27(32)33)5-7-24(28)22-9-11-29-25-8-6-21(34-2)17-23(22)25/h3-4,6,8-9,11-12,17,19-20,24H,5,7,10,13-16,18H2,1-2H3,(H,32,33)/t19-,20+,24?/m1/s1. The van der Waals surface area contributed by atoms with E-state index in [4.69, 9.17) is 4.74 Å². The van der Waals surface area contributed by atoms with Crippen LogP contribution >= 0.6 is 11.8 Å². The predicted molar refractivity (Wildman–Crippen MR) is 138 cm³/mol. The van der Waals surface area contributed by atoms with Gasteiger partial charge < -0.3 is 19.3 Å². The first-order valence-electron chi connectivity index (χ1n) is 12.2. The molecule has 1 aliphatic heterocycles. The number of aromatic nitrogens is 2. The highest BCUT2D eigenvalue weighted by molar-refractivity contribution is 7.99. The van der Waals surface area contributed by atoms with Crippen LogP contribution in [0, 0.1) is 11.8 Å². The van der Waals surface area contributed by atoms with Crippen molar-refractivity contribution in [3.8, 4) is 5.75 Å². The van der Waals surface area contributed by atoms with Crippen LogP contribution in [0.5, 0.6) is 5.75 Å². The number of alkyl halides is 1. The highest BCUT2D eigenvalue weighted by Gasteiger charge is 2.31. The Labute approximate surface area is 210 Å². The number of hydrogen-bond acceptors (Lipinski definition) is 5. The normalized spacial score (nSPS) is 19.6. The van der Waals surface area contributed by atoms with Gasteiger partial charge in [0.1, 0.15) is 11.9 Å². The SMILES string of the molecule is COc1ccc2nccc(C(F)CC[C@@H]3CCN(CCSc4cccn4C)C[C@@H]3CC(=O)O)c2c1. The Kier molecular flexibility index (Phi) is 8.68. The number of likely N-dealkylation sites (tertiary alicyclic amines) is 1. The Morgan fingerprint density at radius 2 is 2.17 bits per heavy atom. The minimum Gasteiger partial charge on any atom is -0.497 e. The fourth-order valence-corrected chi connectivity index (χ4v) is 6.13. The van der Waals surface area contributed by atoms with Crippen molar-refractivity contribution in [3.05, 3.63) is 54.4 Å². The smallest absolute Gasteiger partial charge is 0.303 e. The third-order valence-corrected chi connectivity index (χ3v) is 8.18. The lowest BCUT2D eigenvalue weighted by molar-refractivity contribution is -0.139. The molecule has 3 aromatic rings. The number of fused-ring (bicyclic) bond motifs is 1. The Morgan fingerprint density at radius 3 is 2.91 bits per heavy atom. The summed E-state index contributed by atoms with van der Waals surface area (Å²) in [5.41, 5.74) is 1.37. The highest BCUT2D eigenvalue weighted by atomic mass is 32.2. The number of aliphatic carboxylic acids is 1. The van der Waals surface area contributed by atoms with Gasteiger partial charge in [0, 0.05) is 50.1 Å². The summed E-state index contributed by atoms with van der Waals surface area (Å²) in [6.45, 7) is 2.62. The summed E-state index contributed by atoms with van der Waals surface area (Å²) in [5.74, 6) is 1.13. The number of thioether (sulfide) groups is 1. The maximum atomic E-state index is 15.5. The van der Waals surface area contributed by atoms with Gasteiger partial charge in [-0.05, 0) is 79.6 Å². The molecule has 35 heavy (non-hydrogen) atoms. The van der Waals surface area contributed by atoms with E-state index in [1.807, 2.05) is 49.3 Å². The van der Waals surface area contributed by atoms with E-state index in [2.05, 4.69) is 20.5 Å². The highest BCUT2D eigenvalue weighted by Crippen LogP contribution is 2.36. The van der Waals surface area contributed by atoms with Gasteiger partial charge in [-0.3, -0.25) is 9.78 Å². The molecule has 0 spiro atoms. The Balaban J connectivity index is 1.35. The molecule has 188 valence electrons. The van der Waals surface area contributed by atoms with Gasteiger partial charge in [-0.1, -0.05) is 0 Å². The van der Waals surface area contributed by atoms with Crippen molar-refractivity contribution >= 4 is 28.6 Å². The van der Waals surface area contributed by atoms with E-state index in [-0.39, 0.29) is 18.3 Å². The molecular formula is C27H34FN3O3S. The van der Waals surface area contributed by atoms with Crippen molar-refractivity contribution in [2.75, 3.05) is 32.5 Å². The van der Waals surface area contributed by atoms with Crippen LogP contribution in [0.2, 0.25) is 0 Å². The van der Waals surface area contributed by atoms with Gasteiger partial charge in [-0.15, -0.1) is 11.8 Å². The van der Waals surface area contributed by atoms with E-state index in [1.165, 1.54) is 5.03 Å². The van der Waals surface area contributed by atoms with Gasteiger partial charge in [-0.25, -0.2) is 4.39 Å². The first-order chi connectivity index (χ1) is 16.9. The summed E-state index contributed by atoms with van der Waals surface area (Å²) in [6, 6.07) is 11.4. The fraction of sp³-hybridized carbons (Fsp3) is 0.481. The van der Waals surface area contributed by atoms with E-state index in [9.17, 15) is 9.90 Å². The number of benzene rings is 1. The van der Waals surface area contributed by atoms with Gasteiger partial charge in [-0.2, -0.15) is 0 Å². The van der Waals surface area contributed by atoms with E-state index in [0.29, 0.717) is 24.2 Å². The molecule has 0 radical (unpaired) electrons. The van der Waals surface area contributed by atoms with Crippen LogP contribution in [-0.4, -0.2) is 58.0 Å². The van der Waals surface area contributed by atoms with E-state index in [0.717, 1.165) is 42.7 Å². The number of aryl methyl sites for hydroxylation is 1. The van der Waals surface area contributed by atoms with Crippen molar-refractivity contribution in [1.82, 2.24) is 14.5 Å². The fourth-order valence-electron chi connectivity index (χ4n) is 5.13. The van der Waals surface area contributed by atoms with Crippen LogP contribution in [0.1, 0.15) is 37.4 Å². The van der Waals surface area contributed by atoms with E-state index in [1.54, 1.807) is 19.4 Å². The Bertz CT molecular complexity index is 1140. The Hall–Kier alpha value is -2.58. The second kappa shape index (κ2) is 11.9. The molecule has 6 nitrogen and oxygen atoms in total. The summed E-state index contributed by atoms with van der Waals surface area (Å²) >= 11 is 1.82. The number of nitrogens with zero attached hydrogens (tertiary/aromatic N) is 3. The molecule has 0 bridgehead atoms. The van der Waals surface area contributed by atoms with Crippen LogP contribution in [0.4, 0.5) is 4.39 Å². The van der Waals surface area contributed by atoms with Crippen LogP contribution in [0.25, 0.3) is 10.9 Å². The van der Waals surface area contributed by atoms with Crippen molar-refractivity contribution in [3.63, 3.8) is 0 Å². The molecule has 3 atom stereocenters. The van der Waals surface area contributed by atoms with Crippen LogP contribution < -0.4 is 4.74 Å². The third kappa shape index (κ3) is 6.55. The topological polar surface area (TPSA) is 67.6 Å². The number of methoxy groups -OCH3 is 1. The number of ether oxygens (including phenoxy) is 1. The van der Waals surface area contributed by atoms with Crippen molar-refractivity contribution < 1.29 is 19.0 Å². The minimum atomic E-state index is -1.13. The number of rotatable bonds is 11. The van der Waals surface area contributed by atoms with Crippen LogP contribution in [-0.2, 0) is 11.8 Å². The zero-order valence-corrected chi connectivity index (χ0v) is 21.2. The van der Waals surface area contributed by atoms with E-state index >= 15 is 4.39 Å². The lowest BCUT2D eigenvalue weighted by Crippen LogP contribution is -2.42. The summed E-state index contributed by atoms with van der Waals surface area (Å²) in [5, 5.41) is 11.5. The monoisotopic (exact) mass is 499 g/mol. The number of hydrogen-bond donors (Lipinski definition) is 1. The Morgan fingerprint density at radius 1 is 1.31 bits per heavy atom. The maximum absolute atomic E-state index is 15.5. The molecule has 1 fully saturated rings. The zero-order chi connectivity index (χ0) is 24.8. The summed E-state index contributed by atoms with van der Waals surface area (Å²) in [6.07, 6.45) is 4.66. The minimum absolute atomic E-state index is 0.0442. The third-order valence-electron chi connectivity index (χ3n) is 7.08. The van der Waals surface area contributed by atoms with Gasteiger partial charge in [0.05, 0.1) is 17.7 Å². The van der Waals surface area contributed by atoms with Gasteiger partial charge in [0.25, 0.3) is 0 Å². The summed E-state index contributed by atoms with van der Waals surface area (Å²) in [7, 11) is 3.64. The van der Waals surface area contributed by atoms with Crippen molar-refractivity contribution in [2.24, 2.45) is 18.9 Å². The number of carbonyl (C=O) groups is 1. The zero-order valence-electron chi connectivity index (χ0n) is 20.4. The molecule has 4 rings (SSSR count). The first-order valence-corrected chi connectivity index (χ1v) is 13.2. The molecule has 1 N–H and O–H groups in total. The summed E-state index contributed by atoms with van der Waals surface area (Å²) < 4.78 is 22.9. The van der Waals surface area contributed by atoms with Gasteiger partial charge in [0.2, 0.25) is 0 Å².